The molecule has 9 heavy (non-hydrogen) atoms. The van der Waals surface area contributed by atoms with E-state index < -0.39 is 6.09 Å². The van der Waals surface area contributed by atoms with Crippen LogP contribution in [0.4, 0.5) is 4.79 Å². The van der Waals surface area contributed by atoms with E-state index >= 15 is 0 Å². The van der Waals surface area contributed by atoms with Crippen LogP contribution in [0.2, 0.25) is 0 Å². The highest BCUT2D eigenvalue weighted by molar-refractivity contribution is 5.65. The van der Waals surface area contributed by atoms with E-state index in [0.29, 0.717) is 0 Å². The zero-order chi connectivity index (χ0) is 5.98. The van der Waals surface area contributed by atoms with Crippen molar-refractivity contribution >= 4 is 6.09 Å². The van der Waals surface area contributed by atoms with E-state index in [1.165, 1.54) is 4.90 Å². The zero-order valence-electron chi connectivity index (χ0n) is 5.13. The van der Waals surface area contributed by atoms with Crippen LogP contribution in [-0.2, 0) is 0 Å². The third-order valence-electron chi connectivity index (χ3n) is 1.38. The average molecular weight is 133 g/mol. The van der Waals surface area contributed by atoms with Gasteiger partial charge in [0, 0.05) is 13.1 Å². The molecule has 0 radical (unpaired) electrons. The molecule has 1 heterocycles. The normalized spacial score (nSPS) is 17.1. The van der Waals surface area contributed by atoms with Crippen molar-refractivity contribution in [3.63, 3.8) is 0 Å². The number of hydrogen-bond donors (Lipinski definition) is 1. The van der Waals surface area contributed by atoms with E-state index in [4.69, 9.17) is 5.11 Å². The lowest BCUT2D eigenvalue weighted by molar-refractivity contribution is 0.156. The smallest absolute Gasteiger partial charge is 0.407 e. The SMILES string of the molecule is O.O=C(O)N1CCCC1. The van der Waals surface area contributed by atoms with Gasteiger partial charge in [-0.25, -0.2) is 4.79 Å². The number of rotatable bonds is 0. The van der Waals surface area contributed by atoms with E-state index in [9.17, 15) is 4.79 Å². The van der Waals surface area contributed by atoms with Gasteiger partial charge in [0.15, 0.2) is 0 Å². The Hall–Kier alpha value is -0.770. The molecule has 1 aliphatic rings. The predicted octanol–water partition coefficient (Wildman–Crippen LogP) is -0.0645. The van der Waals surface area contributed by atoms with Gasteiger partial charge in [-0.3, -0.25) is 0 Å². The summed E-state index contributed by atoms with van der Waals surface area (Å²) in [6, 6.07) is 0. The molecule has 0 spiro atoms. The van der Waals surface area contributed by atoms with E-state index in [1.807, 2.05) is 0 Å². The first-order chi connectivity index (χ1) is 3.80. The lowest BCUT2D eigenvalue weighted by Gasteiger charge is -2.07. The molecule has 1 saturated heterocycles. The second-order valence-corrected chi connectivity index (χ2v) is 1.98. The number of likely N-dealkylation sites (tertiary alicyclic amines) is 1. The molecule has 0 atom stereocenters. The van der Waals surface area contributed by atoms with Gasteiger partial charge in [0.2, 0.25) is 0 Å². The molecule has 0 unspecified atom stereocenters. The monoisotopic (exact) mass is 133 g/mol. The second-order valence-electron chi connectivity index (χ2n) is 1.98. The fourth-order valence-electron chi connectivity index (χ4n) is 0.908. The fourth-order valence-corrected chi connectivity index (χ4v) is 0.908. The molecule has 4 heteroatoms. The van der Waals surface area contributed by atoms with Crippen LogP contribution in [-0.4, -0.2) is 34.7 Å². The second kappa shape index (κ2) is 3.29. The summed E-state index contributed by atoms with van der Waals surface area (Å²) in [5.41, 5.74) is 0. The lowest BCUT2D eigenvalue weighted by atomic mass is 10.4. The van der Waals surface area contributed by atoms with Crippen molar-refractivity contribution in [2.75, 3.05) is 13.1 Å². The van der Waals surface area contributed by atoms with Crippen LogP contribution >= 0.6 is 0 Å². The number of nitrogens with zero attached hydrogens (tertiary/aromatic N) is 1. The first-order valence-electron chi connectivity index (χ1n) is 2.78. The molecule has 0 saturated carbocycles. The summed E-state index contributed by atoms with van der Waals surface area (Å²) in [6.45, 7) is 1.46. The van der Waals surface area contributed by atoms with Crippen molar-refractivity contribution in [1.82, 2.24) is 4.90 Å². The maximum Gasteiger partial charge on any atom is 0.407 e. The van der Waals surface area contributed by atoms with Crippen molar-refractivity contribution in [3.8, 4) is 0 Å². The standard InChI is InChI=1S/C5H9NO2.H2O/c7-5(8)6-3-1-2-4-6;/h1-4H2,(H,7,8);1H2. The molecule has 1 fully saturated rings. The largest absolute Gasteiger partial charge is 0.465 e. The molecule has 0 aromatic carbocycles. The Morgan fingerprint density at radius 1 is 1.33 bits per heavy atom. The third kappa shape index (κ3) is 1.89. The van der Waals surface area contributed by atoms with E-state index in [-0.39, 0.29) is 5.48 Å². The molecule has 54 valence electrons. The minimum Gasteiger partial charge on any atom is -0.465 e. The highest BCUT2D eigenvalue weighted by Crippen LogP contribution is 2.05. The Morgan fingerprint density at radius 3 is 2.00 bits per heavy atom. The van der Waals surface area contributed by atoms with Crippen molar-refractivity contribution in [3.05, 3.63) is 0 Å². The zero-order valence-corrected chi connectivity index (χ0v) is 5.13. The maximum atomic E-state index is 10.1. The van der Waals surface area contributed by atoms with Crippen molar-refractivity contribution in [1.29, 1.82) is 0 Å². The van der Waals surface area contributed by atoms with Gasteiger partial charge in [0.1, 0.15) is 0 Å². The molecule has 1 aliphatic heterocycles. The van der Waals surface area contributed by atoms with E-state index in [2.05, 4.69) is 0 Å². The molecule has 1 amide bonds. The van der Waals surface area contributed by atoms with Crippen LogP contribution in [0.3, 0.4) is 0 Å². The maximum absolute atomic E-state index is 10.1. The Bertz CT molecular complexity index is 98.4. The summed E-state index contributed by atoms with van der Waals surface area (Å²) in [5.74, 6) is 0. The van der Waals surface area contributed by atoms with Gasteiger partial charge in [-0.1, -0.05) is 0 Å². The van der Waals surface area contributed by atoms with Gasteiger partial charge < -0.3 is 15.5 Å². The topological polar surface area (TPSA) is 72.0 Å². The molecule has 3 N–H and O–H groups in total. The number of amides is 1. The third-order valence-corrected chi connectivity index (χ3v) is 1.38. The molecule has 0 bridgehead atoms. The van der Waals surface area contributed by atoms with Crippen LogP contribution in [0.1, 0.15) is 12.8 Å². The van der Waals surface area contributed by atoms with Crippen LogP contribution in [0, 0.1) is 0 Å². The fraction of sp³-hybridized carbons (Fsp3) is 0.800. The van der Waals surface area contributed by atoms with Gasteiger partial charge in [0.25, 0.3) is 0 Å². The number of carboxylic acid groups (broad SMARTS) is 1. The van der Waals surface area contributed by atoms with Gasteiger partial charge in [-0.2, -0.15) is 0 Å². The summed E-state index contributed by atoms with van der Waals surface area (Å²) < 4.78 is 0. The van der Waals surface area contributed by atoms with Crippen LogP contribution < -0.4 is 0 Å². The molecule has 0 aliphatic carbocycles. The van der Waals surface area contributed by atoms with E-state index in [1.54, 1.807) is 0 Å². The van der Waals surface area contributed by atoms with Crippen molar-refractivity contribution in [2.24, 2.45) is 0 Å². The Morgan fingerprint density at radius 2 is 1.78 bits per heavy atom. The Kier molecular flexibility index (Phi) is 3.01. The molecule has 4 nitrogen and oxygen atoms in total. The Labute approximate surface area is 53.4 Å². The molecule has 0 aromatic heterocycles. The minimum absolute atomic E-state index is 0. The van der Waals surface area contributed by atoms with E-state index in [0.717, 1.165) is 25.9 Å². The number of carbonyl (C=O) groups is 1. The van der Waals surface area contributed by atoms with Gasteiger partial charge in [-0.15, -0.1) is 0 Å². The number of hydrogen-bond acceptors (Lipinski definition) is 1. The summed E-state index contributed by atoms with van der Waals surface area (Å²) in [4.78, 5) is 11.6. The van der Waals surface area contributed by atoms with Crippen molar-refractivity contribution in [2.45, 2.75) is 12.8 Å². The summed E-state index contributed by atoms with van der Waals surface area (Å²) in [6.07, 6.45) is 1.29. The lowest BCUT2D eigenvalue weighted by Crippen LogP contribution is -2.25. The Balaban J connectivity index is 0.000000640. The van der Waals surface area contributed by atoms with Crippen LogP contribution in [0.5, 0.6) is 0 Å². The summed E-state index contributed by atoms with van der Waals surface area (Å²) in [5, 5.41) is 8.34. The van der Waals surface area contributed by atoms with Gasteiger partial charge in [0.05, 0.1) is 0 Å². The predicted molar refractivity (Wildman–Crippen MR) is 32.4 cm³/mol. The summed E-state index contributed by atoms with van der Waals surface area (Å²) in [7, 11) is 0. The molecular formula is C5H11NO3. The molecular weight excluding hydrogens is 122 g/mol. The summed E-state index contributed by atoms with van der Waals surface area (Å²) >= 11 is 0. The van der Waals surface area contributed by atoms with Crippen LogP contribution in [0.15, 0.2) is 0 Å². The van der Waals surface area contributed by atoms with Gasteiger partial charge >= 0.3 is 6.09 Å². The van der Waals surface area contributed by atoms with Gasteiger partial charge in [-0.05, 0) is 12.8 Å². The first kappa shape index (κ1) is 8.23. The van der Waals surface area contributed by atoms with Crippen molar-refractivity contribution < 1.29 is 15.4 Å². The van der Waals surface area contributed by atoms with Crippen LogP contribution in [0.25, 0.3) is 0 Å². The molecule has 1 rings (SSSR count). The highest BCUT2D eigenvalue weighted by Gasteiger charge is 2.15. The quantitative estimate of drug-likeness (QED) is 0.502. The first-order valence-corrected chi connectivity index (χ1v) is 2.78. The minimum atomic E-state index is -0.775. The molecule has 0 aromatic rings. The average Bonchev–Trinajstić information content (AvgIpc) is 2.12. The highest BCUT2D eigenvalue weighted by atomic mass is 16.4.